The lowest BCUT2D eigenvalue weighted by Crippen LogP contribution is -2.25. The number of rotatable bonds is 5. The molecule has 0 aliphatic rings. The number of amidine groups is 1. The highest BCUT2D eigenvalue weighted by Crippen LogP contribution is 2.20. The van der Waals surface area contributed by atoms with Crippen LogP contribution in [-0.2, 0) is 0 Å². The summed E-state index contributed by atoms with van der Waals surface area (Å²) in [6.45, 7) is 0.401. The van der Waals surface area contributed by atoms with Crippen molar-refractivity contribution in [3.8, 4) is 0 Å². The van der Waals surface area contributed by atoms with Gasteiger partial charge in [0.1, 0.15) is 5.84 Å². The lowest BCUT2D eigenvalue weighted by molar-refractivity contribution is 0.0953. The molecule has 0 aromatic heterocycles. The second-order valence-electron chi connectivity index (χ2n) is 3.57. The summed E-state index contributed by atoms with van der Waals surface area (Å²) in [5, 5.41) is 14.6. The van der Waals surface area contributed by atoms with Crippen LogP contribution < -0.4 is 11.1 Å². The van der Waals surface area contributed by atoms with Gasteiger partial charge in [-0.1, -0.05) is 28.4 Å². The van der Waals surface area contributed by atoms with Crippen LogP contribution in [0.25, 0.3) is 0 Å². The van der Waals surface area contributed by atoms with Crippen LogP contribution in [-0.4, -0.2) is 23.5 Å². The lowest BCUT2D eigenvalue weighted by Gasteiger charge is -2.06. The van der Waals surface area contributed by atoms with Crippen LogP contribution in [0.4, 0.5) is 0 Å². The van der Waals surface area contributed by atoms with Crippen molar-refractivity contribution in [3.05, 3.63) is 33.8 Å². The standard InChI is InChI=1S/C11H13Cl2N3O2/c12-7-3-4-9(13)8(6-7)11(17)15-5-1-2-10(14)16-18/h3-4,6,18H,1-2,5H2,(H2,14,16)(H,15,17). The summed E-state index contributed by atoms with van der Waals surface area (Å²) in [4.78, 5) is 11.8. The van der Waals surface area contributed by atoms with Crippen LogP contribution in [0.15, 0.2) is 23.4 Å². The Morgan fingerprint density at radius 1 is 1.44 bits per heavy atom. The molecule has 1 aromatic carbocycles. The number of hydrogen-bond acceptors (Lipinski definition) is 3. The first kappa shape index (κ1) is 14.6. The molecule has 1 aromatic rings. The van der Waals surface area contributed by atoms with E-state index in [2.05, 4.69) is 10.5 Å². The van der Waals surface area contributed by atoms with Crippen LogP contribution >= 0.6 is 23.2 Å². The Morgan fingerprint density at radius 3 is 2.83 bits per heavy atom. The van der Waals surface area contributed by atoms with Crippen LogP contribution in [0.5, 0.6) is 0 Å². The molecule has 98 valence electrons. The van der Waals surface area contributed by atoms with Gasteiger partial charge in [0.25, 0.3) is 5.91 Å². The van der Waals surface area contributed by atoms with E-state index in [4.69, 9.17) is 34.1 Å². The molecule has 0 radical (unpaired) electrons. The summed E-state index contributed by atoms with van der Waals surface area (Å²) in [5.74, 6) is -0.174. The van der Waals surface area contributed by atoms with E-state index in [0.29, 0.717) is 35.0 Å². The summed E-state index contributed by atoms with van der Waals surface area (Å²) in [6.07, 6.45) is 0.972. The fourth-order valence-corrected chi connectivity index (χ4v) is 1.66. The van der Waals surface area contributed by atoms with Crippen molar-refractivity contribution in [3.63, 3.8) is 0 Å². The van der Waals surface area contributed by atoms with E-state index in [0.717, 1.165) is 0 Å². The molecule has 1 amide bonds. The molecule has 18 heavy (non-hydrogen) atoms. The number of halogens is 2. The molecular formula is C11H13Cl2N3O2. The summed E-state index contributed by atoms with van der Waals surface area (Å²) in [5.41, 5.74) is 5.62. The number of nitrogens with two attached hydrogens (primary N) is 1. The summed E-state index contributed by atoms with van der Waals surface area (Å²) in [7, 11) is 0. The van der Waals surface area contributed by atoms with Crippen LogP contribution in [0.1, 0.15) is 23.2 Å². The minimum absolute atomic E-state index is 0.130. The summed E-state index contributed by atoms with van der Waals surface area (Å²) < 4.78 is 0. The van der Waals surface area contributed by atoms with E-state index in [1.54, 1.807) is 12.1 Å². The number of carbonyl (C=O) groups excluding carboxylic acids is 1. The largest absolute Gasteiger partial charge is 0.409 e. The third-order valence-electron chi connectivity index (χ3n) is 2.20. The average Bonchev–Trinajstić information content (AvgIpc) is 2.36. The molecule has 0 aliphatic carbocycles. The van der Waals surface area contributed by atoms with Crippen molar-refractivity contribution >= 4 is 34.9 Å². The maximum atomic E-state index is 11.8. The van der Waals surface area contributed by atoms with Crippen molar-refractivity contribution in [2.24, 2.45) is 10.9 Å². The van der Waals surface area contributed by atoms with Gasteiger partial charge in [-0.3, -0.25) is 4.79 Å². The normalized spacial score (nSPS) is 11.3. The van der Waals surface area contributed by atoms with E-state index in [-0.39, 0.29) is 11.7 Å². The number of nitrogens with zero attached hydrogens (tertiary/aromatic N) is 1. The number of amides is 1. The van der Waals surface area contributed by atoms with E-state index < -0.39 is 0 Å². The van der Waals surface area contributed by atoms with Gasteiger partial charge in [0.05, 0.1) is 10.6 Å². The van der Waals surface area contributed by atoms with Gasteiger partial charge in [-0.05, 0) is 24.6 Å². The molecule has 0 aliphatic heterocycles. The Morgan fingerprint density at radius 2 is 2.17 bits per heavy atom. The Kier molecular flexibility index (Phi) is 5.74. The molecule has 0 atom stereocenters. The Bertz CT molecular complexity index is 464. The molecule has 0 fully saturated rings. The first-order valence-electron chi connectivity index (χ1n) is 5.24. The zero-order valence-electron chi connectivity index (χ0n) is 9.49. The summed E-state index contributed by atoms with van der Waals surface area (Å²) >= 11 is 11.7. The Hall–Kier alpha value is -1.46. The lowest BCUT2D eigenvalue weighted by atomic mass is 10.2. The van der Waals surface area contributed by atoms with Crippen molar-refractivity contribution in [1.82, 2.24) is 5.32 Å². The van der Waals surface area contributed by atoms with Crippen molar-refractivity contribution in [1.29, 1.82) is 0 Å². The number of nitrogens with one attached hydrogen (secondary N) is 1. The predicted octanol–water partition coefficient (Wildman–Crippen LogP) is 2.25. The maximum absolute atomic E-state index is 11.8. The highest BCUT2D eigenvalue weighted by atomic mass is 35.5. The van der Waals surface area contributed by atoms with Crippen LogP contribution in [0.2, 0.25) is 10.0 Å². The van der Waals surface area contributed by atoms with E-state index in [9.17, 15) is 4.79 Å². The molecule has 7 heteroatoms. The zero-order chi connectivity index (χ0) is 13.5. The van der Waals surface area contributed by atoms with Crippen LogP contribution in [0, 0.1) is 0 Å². The fraction of sp³-hybridized carbons (Fsp3) is 0.273. The topological polar surface area (TPSA) is 87.7 Å². The van der Waals surface area contributed by atoms with Crippen molar-refractivity contribution in [2.45, 2.75) is 12.8 Å². The molecular weight excluding hydrogens is 277 g/mol. The summed E-state index contributed by atoms with van der Waals surface area (Å²) in [6, 6.07) is 4.68. The highest BCUT2D eigenvalue weighted by Gasteiger charge is 2.10. The SMILES string of the molecule is NC(CCCNC(=O)c1cc(Cl)ccc1Cl)=NO. The number of carbonyl (C=O) groups is 1. The van der Waals surface area contributed by atoms with E-state index in [1.807, 2.05) is 0 Å². The predicted molar refractivity (Wildman–Crippen MR) is 71.4 cm³/mol. The third kappa shape index (κ3) is 4.43. The van der Waals surface area contributed by atoms with E-state index in [1.165, 1.54) is 6.07 Å². The van der Waals surface area contributed by atoms with Crippen molar-refractivity contribution in [2.75, 3.05) is 6.54 Å². The number of oxime groups is 1. The molecule has 0 saturated carbocycles. The molecule has 0 heterocycles. The quantitative estimate of drug-likeness (QED) is 0.255. The second kappa shape index (κ2) is 7.08. The molecule has 0 saturated heterocycles. The van der Waals surface area contributed by atoms with Gasteiger partial charge in [0.2, 0.25) is 0 Å². The van der Waals surface area contributed by atoms with Crippen LogP contribution in [0.3, 0.4) is 0 Å². The average molecular weight is 290 g/mol. The minimum Gasteiger partial charge on any atom is -0.409 e. The van der Waals surface area contributed by atoms with E-state index >= 15 is 0 Å². The highest BCUT2D eigenvalue weighted by molar-refractivity contribution is 6.35. The number of hydrogen-bond donors (Lipinski definition) is 3. The molecule has 1 rings (SSSR count). The molecule has 0 bridgehead atoms. The Balaban J connectivity index is 2.48. The smallest absolute Gasteiger partial charge is 0.252 e. The Labute approximate surface area is 115 Å². The monoisotopic (exact) mass is 289 g/mol. The van der Waals surface area contributed by atoms with Gasteiger partial charge in [-0.25, -0.2) is 0 Å². The molecule has 0 unspecified atom stereocenters. The van der Waals surface area contributed by atoms with Gasteiger partial charge in [-0.2, -0.15) is 0 Å². The van der Waals surface area contributed by atoms with Gasteiger partial charge < -0.3 is 16.3 Å². The van der Waals surface area contributed by atoms with Gasteiger partial charge in [0, 0.05) is 18.0 Å². The molecule has 0 spiro atoms. The van der Waals surface area contributed by atoms with Gasteiger partial charge in [0.15, 0.2) is 0 Å². The second-order valence-corrected chi connectivity index (χ2v) is 4.42. The zero-order valence-corrected chi connectivity index (χ0v) is 11.0. The maximum Gasteiger partial charge on any atom is 0.252 e. The van der Waals surface area contributed by atoms with Gasteiger partial charge in [-0.15, -0.1) is 0 Å². The number of benzene rings is 1. The minimum atomic E-state index is -0.304. The third-order valence-corrected chi connectivity index (χ3v) is 2.76. The van der Waals surface area contributed by atoms with Crippen molar-refractivity contribution < 1.29 is 10.0 Å². The molecule has 4 N–H and O–H groups in total. The molecule has 5 nitrogen and oxygen atoms in total. The first-order valence-corrected chi connectivity index (χ1v) is 6.00. The fourth-order valence-electron chi connectivity index (χ4n) is 1.29. The van der Waals surface area contributed by atoms with Gasteiger partial charge >= 0.3 is 0 Å². The first-order chi connectivity index (χ1) is 8.54.